The van der Waals surface area contributed by atoms with Gasteiger partial charge in [-0.2, -0.15) is 0 Å². The van der Waals surface area contributed by atoms with Gasteiger partial charge in [-0.1, -0.05) is 13.8 Å². The van der Waals surface area contributed by atoms with Gasteiger partial charge in [0.2, 0.25) is 0 Å². The average molecular weight is 273 g/mol. The van der Waals surface area contributed by atoms with E-state index in [0.29, 0.717) is 5.88 Å². The zero-order valence-electron chi connectivity index (χ0n) is 10.7. The fourth-order valence-electron chi connectivity index (χ4n) is 2.33. The van der Waals surface area contributed by atoms with Crippen molar-refractivity contribution in [3.63, 3.8) is 0 Å². The number of alkyl halides is 1. The third-order valence-corrected chi connectivity index (χ3v) is 5.03. The third kappa shape index (κ3) is 3.67. The van der Waals surface area contributed by atoms with E-state index in [0.717, 1.165) is 30.5 Å². The van der Waals surface area contributed by atoms with Crippen molar-refractivity contribution in [3.8, 4) is 0 Å². The van der Waals surface area contributed by atoms with Crippen LogP contribution in [0, 0.1) is 11.8 Å². The van der Waals surface area contributed by atoms with Crippen LogP contribution in [0.3, 0.4) is 0 Å². The van der Waals surface area contributed by atoms with Crippen molar-refractivity contribution in [2.75, 3.05) is 19.6 Å². The predicted molar refractivity (Wildman–Crippen MR) is 74.8 cm³/mol. The highest BCUT2D eigenvalue weighted by molar-refractivity contribution is 7.09. The number of thiazole rings is 1. The number of likely N-dealkylation sites (tertiary alicyclic amines) is 1. The van der Waals surface area contributed by atoms with E-state index in [2.05, 4.69) is 29.1 Å². The van der Waals surface area contributed by atoms with Gasteiger partial charge in [0.15, 0.2) is 0 Å². The fourth-order valence-corrected chi connectivity index (χ4v) is 3.35. The molecule has 0 aliphatic carbocycles. The maximum Gasteiger partial charge on any atom is 0.0941 e. The summed E-state index contributed by atoms with van der Waals surface area (Å²) in [7, 11) is 0. The molecule has 2 nitrogen and oxygen atoms in total. The number of hydrogen-bond donors (Lipinski definition) is 0. The Balaban J connectivity index is 1.78. The van der Waals surface area contributed by atoms with Crippen molar-refractivity contribution in [2.45, 2.75) is 32.6 Å². The van der Waals surface area contributed by atoms with E-state index in [9.17, 15) is 0 Å². The number of halogens is 1. The maximum absolute atomic E-state index is 5.76. The molecule has 1 aromatic rings. The van der Waals surface area contributed by atoms with E-state index < -0.39 is 0 Å². The SMILES string of the molecule is CC1CCN(CCc2nc(CCl)cs2)CC1C. The lowest BCUT2D eigenvalue weighted by atomic mass is 9.89. The number of rotatable bonds is 4. The summed E-state index contributed by atoms with van der Waals surface area (Å²) in [6.45, 7) is 8.38. The van der Waals surface area contributed by atoms with Crippen LogP contribution < -0.4 is 0 Å². The van der Waals surface area contributed by atoms with Gasteiger partial charge in [0, 0.05) is 24.9 Å². The Bertz CT molecular complexity index is 353. The van der Waals surface area contributed by atoms with Gasteiger partial charge in [0.25, 0.3) is 0 Å². The van der Waals surface area contributed by atoms with Crippen LogP contribution in [-0.2, 0) is 12.3 Å². The quantitative estimate of drug-likeness (QED) is 0.781. The molecule has 1 fully saturated rings. The lowest BCUT2D eigenvalue weighted by Crippen LogP contribution is -2.39. The Morgan fingerprint density at radius 3 is 2.94 bits per heavy atom. The molecule has 96 valence electrons. The van der Waals surface area contributed by atoms with Crippen LogP contribution >= 0.6 is 22.9 Å². The Morgan fingerprint density at radius 1 is 1.47 bits per heavy atom. The van der Waals surface area contributed by atoms with Gasteiger partial charge < -0.3 is 4.90 Å². The molecule has 0 aromatic carbocycles. The molecule has 4 heteroatoms. The fraction of sp³-hybridized carbons (Fsp3) is 0.769. The summed E-state index contributed by atoms with van der Waals surface area (Å²) in [4.78, 5) is 7.08. The van der Waals surface area contributed by atoms with Crippen LogP contribution in [0.1, 0.15) is 31.0 Å². The molecular weight excluding hydrogens is 252 g/mol. The molecule has 1 aliphatic heterocycles. The van der Waals surface area contributed by atoms with Crippen molar-refractivity contribution >= 4 is 22.9 Å². The minimum Gasteiger partial charge on any atom is -0.303 e. The van der Waals surface area contributed by atoms with E-state index in [1.807, 2.05) is 0 Å². The smallest absolute Gasteiger partial charge is 0.0941 e. The van der Waals surface area contributed by atoms with Crippen molar-refractivity contribution in [3.05, 3.63) is 16.1 Å². The number of aromatic nitrogens is 1. The minimum absolute atomic E-state index is 0.536. The Kier molecular flexibility index (Phi) is 4.83. The summed E-state index contributed by atoms with van der Waals surface area (Å²) in [6, 6.07) is 0. The molecule has 0 bridgehead atoms. The Labute approximate surface area is 113 Å². The van der Waals surface area contributed by atoms with Gasteiger partial charge in [-0.25, -0.2) is 4.98 Å². The molecule has 0 saturated carbocycles. The van der Waals surface area contributed by atoms with Crippen LogP contribution in [0.2, 0.25) is 0 Å². The van der Waals surface area contributed by atoms with Gasteiger partial charge in [-0.15, -0.1) is 22.9 Å². The average Bonchev–Trinajstić information content (AvgIpc) is 2.79. The third-order valence-electron chi connectivity index (χ3n) is 3.80. The summed E-state index contributed by atoms with van der Waals surface area (Å²) in [5, 5.41) is 3.30. The first-order valence-corrected chi connectivity index (χ1v) is 7.82. The zero-order valence-corrected chi connectivity index (χ0v) is 12.2. The maximum atomic E-state index is 5.76. The van der Waals surface area contributed by atoms with Crippen molar-refractivity contribution < 1.29 is 0 Å². The number of nitrogens with zero attached hydrogens (tertiary/aromatic N) is 2. The highest BCUT2D eigenvalue weighted by Crippen LogP contribution is 2.22. The normalized spacial score (nSPS) is 26.3. The lowest BCUT2D eigenvalue weighted by molar-refractivity contribution is 0.140. The topological polar surface area (TPSA) is 16.1 Å². The van der Waals surface area contributed by atoms with E-state index in [4.69, 9.17) is 11.6 Å². The van der Waals surface area contributed by atoms with Crippen LogP contribution in [-0.4, -0.2) is 29.5 Å². The van der Waals surface area contributed by atoms with Crippen molar-refractivity contribution in [1.82, 2.24) is 9.88 Å². The highest BCUT2D eigenvalue weighted by Gasteiger charge is 2.22. The van der Waals surface area contributed by atoms with Gasteiger partial charge in [-0.3, -0.25) is 0 Å². The summed E-state index contributed by atoms with van der Waals surface area (Å²) in [5.41, 5.74) is 1.02. The molecule has 0 radical (unpaired) electrons. The number of piperidine rings is 1. The minimum atomic E-state index is 0.536. The molecule has 2 rings (SSSR count). The molecule has 2 atom stereocenters. The molecule has 0 N–H and O–H groups in total. The first-order chi connectivity index (χ1) is 8.19. The van der Waals surface area contributed by atoms with E-state index >= 15 is 0 Å². The van der Waals surface area contributed by atoms with Crippen LogP contribution in [0.25, 0.3) is 0 Å². The van der Waals surface area contributed by atoms with Crippen LogP contribution in [0.5, 0.6) is 0 Å². The zero-order chi connectivity index (χ0) is 12.3. The van der Waals surface area contributed by atoms with E-state index in [-0.39, 0.29) is 0 Å². The summed E-state index contributed by atoms with van der Waals surface area (Å²) >= 11 is 7.50. The van der Waals surface area contributed by atoms with Crippen molar-refractivity contribution in [1.29, 1.82) is 0 Å². The lowest BCUT2D eigenvalue weighted by Gasteiger charge is -2.35. The van der Waals surface area contributed by atoms with Crippen LogP contribution in [0.15, 0.2) is 5.38 Å². The first-order valence-electron chi connectivity index (χ1n) is 6.40. The van der Waals surface area contributed by atoms with Gasteiger partial charge >= 0.3 is 0 Å². The predicted octanol–water partition coefficient (Wildman–Crippen LogP) is 3.40. The summed E-state index contributed by atoms with van der Waals surface area (Å²) < 4.78 is 0. The Hall–Kier alpha value is -0.120. The van der Waals surface area contributed by atoms with Gasteiger partial charge in [-0.05, 0) is 24.8 Å². The molecule has 1 saturated heterocycles. The molecule has 1 aromatic heterocycles. The largest absolute Gasteiger partial charge is 0.303 e. The second-order valence-electron chi connectivity index (χ2n) is 5.16. The first kappa shape index (κ1) is 13.3. The van der Waals surface area contributed by atoms with Gasteiger partial charge in [0.05, 0.1) is 16.6 Å². The molecular formula is C13H21ClN2S. The Morgan fingerprint density at radius 2 is 2.29 bits per heavy atom. The highest BCUT2D eigenvalue weighted by atomic mass is 35.5. The molecule has 2 heterocycles. The molecule has 17 heavy (non-hydrogen) atoms. The molecule has 1 aliphatic rings. The summed E-state index contributed by atoms with van der Waals surface area (Å²) in [5.74, 6) is 2.25. The van der Waals surface area contributed by atoms with Crippen LogP contribution in [0.4, 0.5) is 0 Å². The number of hydrogen-bond acceptors (Lipinski definition) is 3. The second kappa shape index (κ2) is 6.17. The molecule has 0 spiro atoms. The van der Waals surface area contributed by atoms with Crippen molar-refractivity contribution in [2.24, 2.45) is 11.8 Å². The monoisotopic (exact) mass is 272 g/mol. The summed E-state index contributed by atoms with van der Waals surface area (Å²) in [6.07, 6.45) is 2.41. The van der Waals surface area contributed by atoms with E-state index in [1.54, 1.807) is 11.3 Å². The second-order valence-corrected chi connectivity index (χ2v) is 6.37. The van der Waals surface area contributed by atoms with E-state index in [1.165, 1.54) is 24.5 Å². The molecule has 2 unspecified atom stereocenters. The van der Waals surface area contributed by atoms with Gasteiger partial charge in [0.1, 0.15) is 0 Å². The standard InChI is InChI=1S/C13H21ClN2S/c1-10-3-5-16(8-11(10)2)6-4-13-15-12(7-14)9-17-13/h9-11H,3-8H2,1-2H3. The molecule has 0 amide bonds.